The summed E-state index contributed by atoms with van der Waals surface area (Å²) in [6, 6.07) is 7.75. The fourth-order valence-electron chi connectivity index (χ4n) is 3.88. The molecule has 0 atom stereocenters. The highest BCUT2D eigenvalue weighted by Gasteiger charge is 2.21. The molecular formula is C22H22N6O2. The van der Waals surface area contributed by atoms with Gasteiger partial charge in [0.1, 0.15) is 6.26 Å². The third-order valence-corrected chi connectivity index (χ3v) is 5.44. The number of nitrogens with zero attached hydrogens (tertiary/aromatic N) is 5. The van der Waals surface area contributed by atoms with Gasteiger partial charge in [-0.1, -0.05) is 0 Å². The number of aromatic nitrogens is 4. The van der Waals surface area contributed by atoms with Gasteiger partial charge in [-0.15, -0.1) is 0 Å². The van der Waals surface area contributed by atoms with Gasteiger partial charge >= 0.3 is 0 Å². The van der Waals surface area contributed by atoms with Crippen molar-refractivity contribution in [3.8, 4) is 11.5 Å². The summed E-state index contributed by atoms with van der Waals surface area (Å²) in [6.07, 6.45) is 7.18. The van der Waals surface area contributed by atoms with Crippen molar-refractivity contribution in [2.24, 2.45) is 7.05 Å². The van der Waals surface area contributed by atoms with E-state index in [0.717, 1.165) is 59.5 Å². The van der Waals surface area contributed by atoms with Crippen LogP contribution in [0.4, 0.5) is 11.4 Å². The molecule has 0 radical (unpaired) electrons. The molecule has 0 bridgehead atoms. The molecule has 4 aromatic rings. The average molecular weight is 402 g/mol. The highest BCUT2D eigenvalue weighted by Crippen LogP contribution is 2.33. The lowest BCUT2D eigenvalue weighted by atomic mass is 10.1. The average Bonchev–Trinajstić information content (AvgIpc) is 3.49. The Hall–Kier alpha value is -3.68. The van der Waals surface area contributed by atoms with Crippen LogP contribution in [0.3, 0.4) is 0 Å². The first kappa shape index (κ1) is 18.4. The molecule has 1 fully saturated rings. The van der Waals surface area contributed by atoms with Crippen LogP contribution in [0.5, 0.6) is 0 Å². The fourth-order valence-corrected chi connectivity index (χ4v) is 3.88. The normalized spacial score (nSPS) is 13.9. The topological polar surface area (TPSA) is 89.1 Å². The Morgan fingerprint density at radius 3 is 2.83 bits per heavy atom. The summed E-state index contributed by atoms with van der Waals surface area (Å²) in [5.41, 5.74) is 4.68. The predicted molar refractivity (Wildman–Crippen MR) is 115 cm³/mol. The number of aryl methyl sites for hydroxylation is 2. The van der Waals surface area contributed by atoms with Gasteiger partial charge in [0.2, 0.25) is 5.89 Å². The third kappa shape index (κ3) is 3.30. The van der Waals surface area contributed by atoms with E-state index in [9.17, 15) is 4.79 Å². The number of hydrogen-bond donors (Lipinski definition) is 1. The second-order valence-electron chi connectivity index (χ2n) is 7.57. The van der Waals surface area contributed by atoms with E-state index >= 15 is 0 Å². The van der Waals surface area contributed by atoms with Crippen molar-refractivity contribution < 1.29 is 9.21 Å². The number of amides is 1. The first-order valence-electron chi connectivity index (χ1n) is 9.99. The monoisotopic (exact) mass is 402 g/mol. The molecule has 0 aliphatic carbocycles. The van der Waals surface area contributed by atoms with Gasteiger partial charge in [0.05, 0.1) is 23.1 Å². The molecule has 0 spiro atoms. The van der Waals surface area contributed by atoms with Crippen LogP contribution >= 0.6 is 0 Å². The van der Waals surface area contributed by atoms with E-state index in [1.165, 1.54) is 6.26 Å². The Morgan fingerprint density at radius 1 is 1.20 bits per heavy atom. The van der Waals surface area contributed by atoms with E-state index in [1.807, 2.05) is 36.9 Å². The molecule has 1 saturated heterocycles. The molecule has 1 amide bonds. The summed E-state index contributed by atoms with van der Waals surface area (Å²) in [6.45, 7) is 3.85. The van der Waals surface area contributed by atoms with Crippen LogP contribution < -0.4 is 10.2 Å². The first-order chi connectivity index (χ1) is 14.6. The molecule has 1 N–H and O–H groups in total. The number of nitrogens with one attached hydrogen (secondary N) is 1. The van der Waals surface area contributed by atoms with Gasteiger partial charge in [-0.3, -0.25) is 14.5 Å². The number of rotatable bonds is 4. The van der Waals surface area contributed by atoms with Crippen LogP contribution in [-0.2, 0) is 7.05 Å². The largest absolute Gasteiger partial charge is 0.444 e. The SMILES string of the molecule is Cc1cc(-c2nc(C(=O)Nc3cc4cnn(C)c4cc3N3CCCC3)co2)ccn1. The lowest BCUT2D eigenvalue weighted by molar-refractivity contribution is 0.102. The minimum Gasteiger partial charge on any atom is -0.444 e. The van der Waals surface area contributed by atoms with Crippen LogP contribution in [0, 0.1) is 6.92 Å². The van der Waals surface area contributed by atoms with Gasteiger partial charge in [-0.2, -0.15) is 5.10 Å². The number of benzene rings is 1. The van der Waals surface area contributed by atoms with Crippen LogP contribution in [-0.4, -0.2) is 38.7 Å². The summed E-state index contributed by atoms with van der Waals surface area (Å²) in [5.74, 6) is 0.0904. The van der Waals surface area contributed by atoms with E-state index in [1.54, 1.807) is 12.4 Å². The Bertz CT molecular complexity index is 1240. The molecule has 1 aromatic carbocycles. The fraction of sp³-hybridized carbons (Fsp3) is 0.273. The lowest BCUT2D eigenvalue weighted by Gasteiger charge is -2.22. The van der Waals surface area contributed by atoms with Crippen LogP contribution in [0.2, 0.25) is 0 Å². The van der Waals surface area contributed by atoms with Gasteiger partial charge < -0.3 is 14.6 Å². The Morgan fingerprint density at radius 2 is 2.03 bits per heavy atom. The number of oxazole rings is 1. The van der Waals surface area contributed by atoms with Crippen LogP contribution in [0.25, 0.3) is 22.4 Å². The second-order valence-corrected chi connectivity index (χ2v) is 7.57. The molecule has 0 saturated carbocycles. The van der Waals surface area contributed by atoms with Crippen molar-refractivity contribution in [2.75, 3.05) is 23.3 Å². The third-order valence-electron chi connectivity index (χ3n) is 5.44. The maximum Gasteiger partial charge on any atom is 0.277 e. The maximum absolute atomic E-state index is 12.9. The smallest absolute Gasteiger partial charge is 0.277 e. The van der Waals surface area contributed by atoms with E-state index in [2.05, 4.69) is 31.3 Å². The molecule has 1 aliphatic rings. The molecular weight excluding hydrogens is 380 g/mol. The van der Waals surface area contributed by atoms with Crippen molar-refractivity contribution in [3.63, 3.8) is 0 Å². The Kier molecular flexibility index (Phi) is 4.46. The zero-order chi connectivity index (χ0) is 20.7. The molecule has 5 rings (SSSR count). The minimum atomic E-state index is -0.306. The van der Waals surface area contributed by atoms with Crippen LogP contribution in [0.15, 0.2) is 47.3 Å². The van der Waals surface area contributed by atoms with Crippen molar-refractivity contribution in [2.45, 2.75) is 19.8 Å². The maximum atomic E-state index is 12.9. The van der Waals surface area contributed by atoms with Crippen LogP contribution in [0.1, 0.15) is 29.0 Å². The standard InChI is InChI=1S/C22H22N6O2/c1-14-9-15(5-6-23-14)22-26-18(13-30-22)21(29)25-17-10-16-12-24-27(2)19(16)11-20(17)28-7-3-4-8-28/h5-6,9-13H,3-4,7-8H2,1-2H3,(H,25,29). The highest BCUT2D eigenvalue weighted by atomic mass is 16.3. The van der Waals surface area contributed by atoms with Crippen molar-refractivity contribution in [1.29, 1.82) is 0 Å². The highest BCUT2D eigenvalue weighted by molar-refractivity contribution is 6.06. The van der Waals surface area contributed by atoms with Crippen molar-refractivity contribution in [1.82, 2.24) is 19.7 Å². The van der Waals surface area contributed by atoms with E-state index < -0.39 is 0 Å². The first-order valence-corrected chi connectivity index (χ1v) is 9.99. The van der Waals surface area contributed by atoms with Crippen molar-refractivity contribution in [3.05, 3.63) is 54.3 Å². The van der Waals surface area contributed by atoms with E-state index in [-0.39, 0.29) is 11.6 Å². The summed E-state index contributed by atoms with van der Waals surface area (Å²) in [7, 11) is 1.92. The van der Waals surface area contributed by atoms with E-state index in [0.29, 0.717) is 5.89 Å². The van der Waals surface area contributed by atoms with Crippen molar-refractivity contribution >= 4 is 28.2 Å². The number of pyridine rings is 1. The van der Waals surface area contributed by atoms with Gasteiger partial charge in [-0.05, 0) is 44.0 Å². The zero-order valence-electron chi connectivity index (χ0n) is 16.9. The summed E-state index contributed by atoms with van der Waals surface area (Å²) < 4.78 is 7.39. The molecule has 0 unspecified atom stereocenters. The molecule has 30 heavy (non-hydrogen) atoms. The van der Waals surface area contributed by atoms with Gasteiger partial charge in [0, 0.05) is 43.0 Å². The quantitative estimate of drug-likeness (QED) is 0.559. The van der Waals surface area contributed by atoms with E-state index in [4.69, 9.17) is 4.42 Å². The van der Waals surface area contributed by atoms with Gasteiger partial charge in [0.25, 0.3) is 5.91 Å². The molecule has 152 valence electrons. The lowest BCUT2D eigenvalue weighted by Crippen LogP contribution is -2.21. The predicted octanol–water partition coefficient (Wildman–Crippen LogP) is 3.78. The minimum absolute atomic E-state index is 0.234. The number of anilines is 2. The molecule has 8 heteroatoms. The van der Waals surface area contributed by atoms with Gasteiger partial charge in [0.15, 0.2) is 5.69 Å². The summed E-state index contributed by atoms with van der Waals surface area (Å²) in [5, 5.41) is 8.34. The Labute approximate surface area is 173 Å². The van der Waals surface area contributed by atoms with Gasteiger partial charge in [-0.25, -0.2) is 4.98 Å². The molecule has 4 heterocycles. The molecule has 8 nitrogen and oxygen atoms in total. The summed E-state index contributed by atoms with van der Waals surface area (Å²) in [4.78, 5) is 23.8. The molecule has 3 aromatic heterocycles. The number of carbonyl (C=O) groups excluding carboxylic acids is 1. The number of fused-ring (bicyclic) bond motifs is 1. The second kappa shape index (κ2) is 7.29. The Balaban J connectivity index is 1.46. The number of carbonyl (C=O) groups is 1. The summed E-state index contributed by atoms with van der Waals surface area (Å²) >= 11 is 0. The number of hydrogen-bond acceptors (Lipinski definition) is 6. The molecule has 1 aliphatic heterocycles. The zero-order valence-corrected chi connectivity index (χ0v) is 16.9.